The van der Waals surface area contributed by atoms with Crippen LogP contribution in [-0.4, -0.2) is 86.1 Å². The molecule has 11 heteroatoms. The minimum Gasteiger partial charge on any atom is -0.462 e. The smallest absolute Gasteiger partial charge is 0.462 e. The van der Waals surface area contributed by atoms with Gasteiger partial charge in [-0.2, -0.15) is 0 Å². The second-order valence-corrected chi connectivity index (χ2v) is 16.3. The largest absolute Gasteiger partial charge is 0.472 e. The molecular weight excluding hydrogens is 766 g/mol. The van der Waals surface area contributed by atoms with Crippen LogP contribution in [0.5, 0.6) is 0 Å². The molecule has 0 bridgehead atoms. The number of phosphoric ester groups is 1. The third-order valence-electron chi connectivity index (χ3n) is 8.14. The summed E-state index contributed by atoms with van der Waals surface area (Å²) in [5, 5.41) is 9.48. The molecular formula is C48H77NO9P+. The molecule has 0 radical (unpaired) electrons. The first-order chi connectivity index (χ1) is 28.4. The van der Waals surface area contributed by atoms with E-state index in [1.165, 1.54) is 0 Å². The van der Waals surface area contributed by atoms with Gasteiger partial charge in [0, 0.05) is 12.8 Å². The first-order valence-corrected chi connectivity index (χ1v) is 22.9. The van der Waals surface area contributed by atoms with Crippen LogP contribution >= 0.6 is 7.82 Å². The second kappa shape index (κ2) is 38.6. The van der Waals surface area contributed by atoms with Crippen LogP contribution in [0.4, 0.5) is 0 Å². The number of hydrogen-bond donors (Lipinski definition) is 2. The number of unbranched alkanes of at least 4 members (excludes halogenated alkanes) is 2. The van der Waals surface area contributed by atoms with Crippen LogP contribution in [0.1, 0.15) is 110 Å². The second-order valence-electron chi connectivity index (χ2n) is 14.8. The molecule has 0 aliphatic rings. The van der Waals surface area contributed by atoms with E-state index in [1.807, 2.05) is 58.4 Å². The third kappa shape index (κ3) is 42.3. The van der Waals surface area contributed by atoms with Crippen LogP contribution in [0, 0.1) is 0 Å². The van der Waals surface area contributed by atoms with Crippen molar-refractivity contribution in [3.63, 3.8) is 0 Å². The van der Waals surface area contributed by atoms with Crippen molar-refractivity contribution in [2.24, 2.45) is 0 Å². The highest BCUT2D eigenvalue weighted by molar-refractivity contribution is 7.47. The Labute approximate surface area is 357 Å². The average molecular weight is 843 g/mol. The summed E-state index contributed by atoms with van der Waals surface area (Å²) in [6.45, 7) is 3.79. The lowest BCUT2D eigenvalue weighted by molar-refractivity contribution is -0.870. The fraction of sp³-hybridized carbons (Fsp3) is 0.542. The number of rotatable bonds is 36. The highest BCUT2D eigenvalue weighted by atomic mass is 31.2. The van der Waals surface area contributed by atoms with Crippen LogP contribution in [0.15, 0.2) is 122 Å². The molecule has 0 aromatic carbocycles. The maximum Gasteiger partial charge on any atom is 0.472 e. The Hall–Kier alpha value is -3.63. The Morgan fingerprint density at radius 3 is 1.54 bits per heavy atom. The van der Waals surface area contributed by atoms with E-state index in [2.05, 4.69) is 92.0 Å². The molecule has 10 nitrogen and oxygen atoms in total. The predicted molar refractivity (Wildman–Crippen MR) is 243 cm³/mol. The zero-order valence-corrected chi connectivity index (χ0v) is 37.7. The molecule has 1 unspecified atom stereocenters. The summed E-state index contributed by atoms with van der Waals surface area (Å²) in [5.74, 6) is -0.971. The monoisotopic (exact) mass is 843 g/mol. The molecule has 0 aliphatic carbocycles. The number of hydrogen-bond acceptors (Lipinski definition) is 8. The molecule has 0 spiro atoms. The van der Waals surface area contributed by atoms with E-state index in [0.717, 1.165) is 51.4 Å². The van der Waals surface area contributed by atoms with E-state index in [1.54, 1.807) is 6.08 Å². The molecule has 0 aliphatic heterocycles. The molecule has 0 aromatic heterocycles. The number of phosphoric acid groups is 1. The number of aliphatic hydroxyl groups excluding tert-OH is 1. The number of allylic oxidation sites excluding steroid dienone is 19. The molecule has 0 amide bonds. The van der Waals surface area contributed by atoms with Gasteiger partial charge in [0.25, 0.3) is 0 Å². The molecule has 0 saturated heterocycles. The van der Waals surface area contributed by atoms with Gasteiger partial charge in [-0.3, -0.25) is 18.6 Å². The van der Waals surface area contributed by atoms with Gasteiger partial charge in [0.05, 0.1) is 33.9 Å². The summed E-state index contributed by atoms with van der Waals surface area (Å²) in [6, 6.07) is 0. The first-order valence-electron chi connectivity index (χ1n) is 21.4. The topological polar surface area (TPSA) is 129 Å². The molecule has 3 atom stereocenters. The summed E-state index contributed by atoms with van der Waals surface area (Å²) in [6.07, 6.45) is 50.7. The van der Waals surface area contributed by atoms with Gasteiger partial charge in [-0.25, -0.2) is 4.57 Å². The number of ether oxygens (including phenoxy) is 2. The van der Waals surface area contributed by atoms with Crippen molar-refractivity contribution in [2.75, 3.05) is 47.5 Å². The maximum atomic E-state index is 12.7. The summed E-state index contributed by atoms with van der Waals surface area (Å²) >= 11 is 0. The van der Waals surface area contributed by atoms with Crippen LogP contribution < -0.4 is 0 Å². The molecule has 0 aromatic rings. The van der Waals surface area contributed by atoms with E-state index in [9.17, 15) is 24.2 Å². The maximum absolute atomic E-state index is 12.7. The Morgan fingerprint density at radius 2 is 1.07 bits per heavy atom. The fourth-order valence-corrected chi connectivity index (χ4v) is 5.42. The van der Waals surface area contributed by atoms with E-state index in [0.29, 0.717) is 43.1 Å². The molecule has 0 saturated carbocycles. The minimum atomic E-state index is -4.42. The van der Waals surface area contributed by atoms with Crippen molar-refractivity contribution in [1.82, 2.24) is 0 Å². The van der Waals surface area contributed by atoms with Crippen LogP contribution in [-0.2, 0) is 32.7 Å². The standard InChI is InChI=1S/C48H76NO9P/c1-6-8-9-10-11-12-13-14-15-16-17-22-25-28-31-34-37-40-48(52)58-46(44-57-59(53,54)56-42-41-49(3,4)5)43-55-47(51)39-36-33-30-27-24-21-19-18-20-23-26-29-32-35-38-45(50)7-2/h8-9,11-12,14-15,17,19-23,27-32,35,38,45-46,50H,6-7,10,13,16,18,24-26,33-34,36-37,39-44H2,1-5H3/p+1/b9-8-,12-11-,15-14-,21-19-,22-17-,23-20-,30-27-,31-28-,32-29-,38-35+/t45-,46+/m0/s1. The molecule has 59 heavy (non-hydrogen) atoms. The molecule has 0 rings (SSSR count). The van der Waals surface area contributed by atoms with Gasteiger partial charge in [0.2, 0.25) is 0 Å². The number of carbonyl (C=O) groups excluding carboxylic acids is 2. The normalized spacial score (nSPS) is 15.3. The van der Waals surface area contributed by atoms with Crippen molar-refractivity contribution in [2.45, 2.75) is 122 Å². The quantitative estimate of drug-likeness (QED) is 0.0158. The van der Waals surface area contributed by atoms with Crippen molar-refractivity contribution in [3.8, 4) is 0 Å². The van der Waals surface area contributed by atoms with Gasteiger partial charge in [0.1, 0.15) is 19.8 Å². The lowest BCUT2D eigenvalue weighted by atomic mass is 10.2. The fourth-order valence-electron chi connectivity index (χ4n) is 4.68. The zero-order chi connectivity index (χ0) is 43.7. The Balaban J connectivity index is 4.62. The van der Waals surface area contributed by atoms with Gasteiger partial charge < -0.3 is 24.0 Å². The summed E-state index contributed by atoms with van der Waals surface area (Å²) in [4.78, 5) is 35.3. The average Bonchev–Trinajstić information content (AvgIpc) is 3.19. The van der Waals surface area contributed by atoms with Gasteiger partial charge in [-0.05, 0) is 83.5 Å². The lowest BCUT2D eigenvalue weighted by Crippen LogP contribution is -2.37. The van der Waals surface area contributed by atoms with E-state index >= 15 is 0 Å². The number of esters is 2. The Bertz CT molecular complexity index is 1430. The molecule has 2 N–H and O–H groups in total. The van der Waals surface area contributed by atoms with E-state index < -0.39 is 32.5 Å². The third-order valence-corrected chi connectivity index (χ3v) is 9.13. The van der Waals surface area contributed by atoms with Gasteiger partial charge in [-0.1, -0.05) is 135 Å². The van der Waals surface area contributed by atoms with Crippen molar-refractivity contribution < 1.29 is 47.2 Å². The summed E-state index contributed by atoms with van der Waals surface area (Å²) < 4.78 is 34.1. The van der Waals surface area contributed by atoms with Gasteiger partial charge in [0.15, 0.2) is 6.10 Å². The predicted octanol–water partition coefficient (Wildman–Crippen LogP) is 11.1. The van der Waals surface area contributed by atoms with Crippen molar-refractivity contribution in [1.29, 1.82) is 0 Å². The number of aliphatic hydroxyl groups is 1. The zero-order valence-electron chi connectivity index (χ0n) is 36.8. The van der Waals surface area contributed by atoms with E-state index in [-0.39, 0.29) is 32.2 Å². The van der Waals surface area contributed by atoms with Gasteiger partial charge >= 0.3 is 19.8 Å². The SMILES string of the molecule is CC/C=C\C/C=C\C/C=C\C/C=C\C/C=C\CCCC(=O)O[C@H](COC(=O)CCC/C=C\C/C=C\C/C=C\C/C=C\C=C\[C@@H](O)CC)COP(=O)(O)OCC[N+](C)(C)C. The lowest BCUT2D eigenvalue weighted by Gasteiger charge is -2.24. The van der Waals surface area contributed by atoms with Crippen molar-refractivity contribution >= 4 is 19.8 Å². The summed E-state index contributed by atoms with van der Waals surface area (Å²) in [7, 11) is 1.36. The van der Waals surface area contributed by atoms with Crippen LogP contribution in [0.3, 0.4) is 0 Å². The Morgan fingerprint density at radius 1 is 0.610 bits per heavy atom. The van der Waals surface area contributed by atoms with Crippen molar-refractivity contribution in [3.05, 3.63) is 122 Å². The van der Waals surface area contributed by atoms with Gasteiger partial charge in [-0.15, -0.1) is 0 Å². The number of nitrogens with zero attached hydrogens (tertiary/aromatic N) is 1. The molecule has 332 valence electrons. The number of likely N-dealkylation sites (N-methyl/N-ethyl adjacent to an activating group) is 1. The Kier molecular flexibility index (Phi) is 36.2. The van der Waals surface area contributed by atoms with Crippen LogP contribution in [0.25, 0.3) is 0 Å². The van der Waals surface area contributed by atoms with E-state index in [4.69, 9.17) is 18.5 Å². The molecule has 0 fully saturated rings. The van der Waals surface area contributed by atoms with Crippen LogP contribution in [0.2, 0.25) is 0 Å². The summed E-state index contributed by atoms with van der Waals surface area (Å²) in [5.41, 5.74) is 0. The molecule has 0 heterocycles. The minimum absolute atomic E-state index is 0.00168. The number of quaternary nitrogens is 1. The number of carbonyl (C=O) groups is 2. The highest BCUT2D eigenvalue weighted by Gasteiger charge is 2.27. The highest BCUT2D eigenvalue weighted by Crippen LogP contribution is 2.43. The first kappa shape index (κ1) is 55.4.